The average molecular weight is 295 g/mol. The third kappa shape index (κ3) is 4.69. The van der Waals surface area contributed by atoms with Gasteiger partial charge in [-0.3, -0.25) is 19.8 Å². The predicted octanol–water partition coefficient (Wildman–Crippen LogP) is 0.160. The van der Waals surface area contributed by atoms with E-state index in [1.807, 2.05) is 4.90 Å². The molecule has 1 aromatic rings. The fourth-order valence-corrected chi connectivity index (χ4v) is 2.10. The van der Waals surface area contributed by atoms with E-state index in [4.69, 9.17) is 15.2 Å². The molecular weight excluding hydrogens is 278 g/mol. The van der Waals surface area contributed by atoms with E-state index in [9.17, 15) is 14.9 Å². The van der Waals surface area contributed by atoms with Gasteiger partial charge in [0.1, 0.15) is 18.5 Å². The van der Waals surface area contributed by atoms with E-state index in [0.29, 0.717) is 32.1 Å². The number of benzene rings is 1. The summed E-state index contributed by atoms with van der Waals surface area (Å²) in [5, 5.41) is 10.5. The minimum Gasteiger partial charge on any atom is -0.491 e. The van der Waals surface area contributed by atoms with E-state index in [1.165, 1.54) is 12.1 Å². The molecule has 1 saturated heterocycles. The molecule has 0 spiro atoms. The summed E-state index contributed by atoms with van der Waals surface area (Å²) in [6, 6.07) is 5.86. The van der Waals surface area contributed by atoms with E-state index in [2.05, 4.69) is 0 Å². The molecule has 1 aromatic carbocycles. The summed E-state index contributed by atoms with van der Waals surface area (Å²) >= 11 is 0. The molecule has 0 unspecified atom stereocenters. The van der Waals surface area contributed by atoms with Crippen LogP contribution in [-0.2, 0) is 9.53 Å². The topological polar surface area (TPSA) is 108 Å². The fraction of sp³-hybridized carbons (Fsp3) is 0.462. The van der Waals surface area contributed by atoms with E-state index >= 15 is 0 Å². The molecule has 1 aliphatic heterocycles. The van der Waals surface area contributed by atoms with Crippen LogP contribution < -0.4 is 10.5 Å². The molecule has 1 aliphatic rings. The molecule has 0 radical (unpaired) electrons. The number of hydrogen-bond acceptors (Lipinski definition) is 6. The molecule has 114 valence electrons. The van der Waals surface area contributed by atoms with Gasteiger partial charge in [-0.15, -0.1) is 0 Å². The van der Waals surface area contributed by atoms with Crippen molar-refractivity contribution in [3.8, 4) is 5.75 Å². The Kier molecular flexibility index (Phi) is 5.07. The standard InChI is InChI=1S/C13H17N3O5/c14-13(17)8-15-5-6-20-12(7-15)9-21-11-3-1-10(2-4-11)16(18)19/h1-4,12H,5-9H2,(H2,14,17)/t12-/m0/s1. The summed E-state index contributed by atoms with van der Waals surface area (Å²) in [5.41, 5.74) is 5.18. The van der Waals surface area contributed by atoms with Crippen LogP contribution in [0.15, 0.2) is 24.3 Å². The maximum absolute atomic E-state index is 10.9. The van der Waals surface area contributed by atoms with Crippen LogP contribution >= 0.6 is 0 Å². The van der Waals surface area contributed by atoms with E-state index in [0.717, 1.165) is 0 Å². The van der Waals surface area contributed by atoms with Crippen molar-refractivity contribution in [1.29, 1.82) is 0 Å². The number of ether oxygens (including phenoxy) is 2. The van der Waals surface area contributed by atoms with Gasteiger partial charge in [-0.25, -0.2) is 0 Å². The lowest BCUT2D eigenvalue weighted by atomic mass is 10.2. The maximum atomic E-state index is 10.9. The highest BCUT2D eigenvalue weighted by molar-refractivity contribution is 5.75. The molecule has 1 fully saturated rings. The molecular formula is C13H17N3O5. The highest BCUT2D eigenvalue weighted by Gasteiger charge is 2.22. The summed E-state index contributed by atoms with van der Waals surface area (Å²) in [6.45, 7) is 2.26. The molecule has 2 rings (SSSR count). The van der Waals surface area contributed by atoms with Crippen LogP contribution in [0.1, 0.15) is 0 Å². The Bertz CT molecular complexity index is 505. The van der Waals surface area contributed by atoms with Crippen LogP contribution in [-0.4, -0.2) is 54.7 Å². The zero-order valence-corrected chi connectivity index (χ0v) is 11.4. The van der Waals surface area contributed by atoms with Crippen molar-refractivity contribution in [1.82, 2.24) is 4.90 Å². The third-order valence-corrected chi connectivity index (χ3v) is 3.09. The van der Waals surface area contributed by atoms with Crippen LogP contribution in [0.25, 0.3) is 0 Å². The smallest absolute Gasteiger partial charge is 0.269 e. The quantitative estimate of drug-likeness (QED) is 0.591. The number of non-ortho nitro benzene ring substituents is 1. The molecule has 8 heteroatoms. The number of morpholine rings is 1. The highest BCUT2D eigenvalue weighted by atomic mass is 16.6. The maximum Gasteiger partial charge on any atom is 0.269 e. The molecule has 1 amide bonds. The number of hydrogen-bond donors (Lipinski definition) is 1. The van der Waals surface area contributed by atoms with Gasteiger partial charge in [0.05, 0.1) is 18.1 Å². The van der Waals surface area contributed by atoms with E-state index in [-0.39, 0.29) is 24.2 Å². The Morgan fingerprint density at radius 2 is 2.19 bits per heavy atom. The van der Waals surface area contributed by atoms with Crippen LogP contribution in [0.3, 0.4) is 0 Å². The molecule has 0 bridgehead atoms. The zero-order valence-electron chi connectivity index (χ0n) is 11.4. The SMILES string of the molecule is NC(=O)CN1CCO[C@H](COc2ccc([N+](=O)[O-])cc2)C1. The molecule has 21 heavy (non-hydrogen) atoms. The molecule has 1 atom stereocenters. The van der Waals surface area contributed by atoms with Crippen molar-refractivity contribution < 1.29 is 19.2 Å². The molecule has 0 aromatic heterocycles. The first-order valence-corrected chi connectivity index (χ1v) is 6.54. The average Bonchev–Trinajstić information content (AvgIpc) is 2.45. The highest BCUT2D eigenvalue weighted by Crippen LogP contribution is 2.18. The minimum atomic E-state index is -0.463. The van der Waals surface area contributed by atoms with Crippen molar-refractivity contribution >= 4 is 11.6 Å². The van der Waals surface area contributed by atoms with Gasteiger partial charge in [0.15, 0.2) is 0 Å². The van der Waals surface area contributed by atoms with Gasteiger partial charge in [-0.05, 0) is 12.1 Å². The zero-order chi connectivity index (χ0) is 15.2. The van der Waals surface area contributed by atoms with Gasteiger partial charge in [-0.1, -0.05) is 0 Å². The fourth-order valence-electron chi connectivity index (χ4n) is 2.10. The number of nitro groups is 1. The summed E-state index contributed by atoms with van der Waals surface area (Å²) in [4.78, 5) is 22.9. The Balaban J connectivity index is 1.82. The first-order chi connectivity index (χ1) is 10.0. The number of amides is 1. The Hall–Kier alpha value is -2.19. The molecule has 0 aliphatic carbocycles. The van der Waals surface area contributed by atoms with Crippen molar-refractivity contribution in [3.05, 3.63) is 34.4 Å². The van der Waals surface area contributed by atoms with Crippen LogP contribution in [0.5, 0.6) is 5.75 Å². The number of primary amides is 1. The Morgan fingerprint density at radius 1 is 1.48 bits per heavy atom. The van der Waals surface area contributed by atoms with E-state index in [1.54, 1.807) is 12.1 Å². The number of carbonyl (C=O) groups is 1. The summed E-state index contributed by atoms with van der Waals surface area (Å²) in [6.07, 6.45) is -0.159. The number of nitrogens with zero attached hydrogens (tertiary/aromatic N) is 2. The van der Waals surface area contributed by atoms with Gasteiger partial charge >= 0.3 is 0 Å². The Morgan fingerprint density at radius 3 is 2.81 bits per heavy atom. The second-order valence-electron chi connectivity index (χ2n) is 4.76. The lowest BCUT2D eigenvalue weighted by Gasteiger charge is -2.31. The van der Waals surface area contributed by atoms with Crippen molar-refractivity contribution in [3.63, 3.8) is 0 Å². The second-order valence-corrected chi connectivity index (χ2v) is 4.76. The number of nitro benzene ring substituents is 1. The predicted molar refractivity (Wildman–Crippen MR) is 74.0 cm³/mol. The molecule has 2 N–H and O–H groups in total. The van der Waals surface area contributed by atoms with Gasteiger partial charge in [0.25, 0.3) is 5.69 Å². The lowest BCUT2D eigenvalue weighted by molar-refractivity contribution is -0.384. The second kappa shape index (κ2) is 7.00. The molecule has 8 nitrogen and oxygen atoms in total. The van der Waals surface area contributed by atoms with Crippen LogP contribution in [0.4, 0.5) is 5.69 Å². The van der Waals surface area contributed by atoms with Crippen molar-refractivity contribution in [2.45, 2.75) is 6.10 Å². The largest absolute Gasteiger partial charge is 0.491 e. The summed E-state index contributed by atoms with van der Waals surface area (Å²) in [5.74, 6) is 0.170. The van der Waals surface area contributed by atoms with Gasteiger partial charge in [-0.2, -0.15) is 0 Å². The molecule has 0 saturated carbocycles. The summed E-state index contributed by atoms with van der Waals surface area (Å²) < 4.78 is 11.1. The monoisotopic (exact) mass is 295 g/mol. The number of rotatable bonds is 6. The van der Waals surface area contributed by atoms with E-state index < -0.39 is 4.92 Å². The van der Waals surface area contributed by atoms with Crippen LogP contribution in [0.2, 0.25) is 0 Å². The Labute approximate surface area is 121 Å². The normalized spacial score (nSPS) is 19.1. The minimum absolute atomic E-state index is 0.0175. The first-order valence-electron chi connectivity index (χ1n) is 6.54. The van der Waals surface area contributed by atoms with Gasteiger partial charge < -0.3 is 15.2 Å². The van der Waals surface area contributed by atoms with Crippen LogP contribution in [0, 0.1) is 10.1 Å². The van der Waals surface area contributed by atoms with Gasteiger partial charge in [0.2, 0.25) is 5.91 Å². The van der Waals surface area contributed by atoms with Crippen molar-refractivity contribution in [2.24, 2.45) is 5.73 Å². The number of nitrogens with two attached hydrogens (primary N) is 1. The van der Waals surface area contributed by atoms with Crippen molar-refractivity contribution in [2.75, 3.05) is 32.8 Å². The first kappa shape index (κ1) is 15.2. The summed E-state index contributed by atoms with van der Waals surface area (Å²) in [7, 11) is 0. The number of carbonyl (C=O) groups excluding carboxylic acids is 1. The van der Waals surface area contributed by atoms with Gasteiger partial charge in [0, 0.05) is 25.2 Å². The lowest BCUT2D eigenvalue weighted by Crippen LogP contribution is -2.47. The third-order valence-electron chi connectivity index (χ3n) is 3.09. The molecule has 1 heterocycles.